The van der Waals surface area contributed by atoms with Gasteiger partial charge >= 0.3 is 0 Å². The molecule has 0 radical (unpaired) electrons. The summed E-state index contributed by atoms with van der Waals surface area (Å²) in [6, 6.07) is 6.56. The molecule has 0 bridgehead atoms. The minimum absolute atomic E-state index is 0.0281. The maximum absolute atomic E-state index is 13.5. The lowest BCUT2D eigenvalue weighted by atomic mass is 9.97. The summed E-state index contributed by atoms with van der Waals surface area (Å²) in [7, 11) is 0. The highest BCUT2D eigenvalue weighted by molar-refractivity contribution is 8.00. The van der Waals surface area contributed by atoms with Crippen LogP contribution in [0.2, 0.25) is 0 Å². The number of allylic oxidation sites excluding steroid dienone is 1. The molecule has 0 aromatic heterocycles. The quantitative estimate of drug-likeness (QED) is 0.626. The van der Waals surface area contributed by atoms with Gasteiger partial charge in [0.25, 0.3) is 0 Å². The summed E-state index contributed by atoms with van der Waals surface area (Å²) in [6.07, 6.45) is 8.11. The number of halogens is 1. The number of thioether (sulfide) groups is 1. The van der Waals surface area contributed by atoms with Crippen molar-refractivity contribution in [1.82, 2.24) is 5.32 Å². The molecule has 1 aromatic carbocycles. The van der Waals surface area contributed by atoms with Crippen molar-refractivity contribution in [2.75, 3.05) is 6.54 Å². The predicted octanol–water partition coefficient (Wildman–Crippen LogP) is 4.31. The molecule has 0 heterocycles. The third-order valence-corrected chi connectivity index (χ3v) is 4.79. The Morgan fingerprint density at radius 2 is 2.19 bits per heavy atom. The van der Waals surface area contributed by atoms with Crippen LogP contribution in [0.4, 0.5) is 4.39 Å². The Morgan fingerprint density at radius 3 is 2.90 bits per heavy atom. The van der Waals surface area contributed by atoms with Crippen molar-refractivity contribution in [3.8, 4) is 0 Å². The van der Waals surface area contributed by atoms with Gasteiger partial charge in [0.2, 0.25) is 5.91 Å². The van der Waals surface area contributed by atoms with Crippen molar-refractivity contribution in [1.29, 1.82) is 0 Å². The van der Waals surface area contributed by atoms with Crippen LogP contribution in [0.3, 0.4) is 0 Å². The molecular weight excluding hydrogens is 285 g/mol. The minimum Gasteiger partial charge on any atom is -0.355 e. The number of hydrogen-bond donors (Lipinski definition) is 1. The van der Waals surface area contributed by atoms with Crippen molar-refractivity contribution < 1.29 is 9.18 Å². The summed E-state index contributed by atoms with van der Waals surface area (Å²) in [5, 5.41) is 2.66. The Hall–Kier alpha value is -1.29. The van der Waals surface area contributed by atoms with Crippen LogP contribution >= 0.6 is 11.8 Å². The van der Waals surface area contributed by atoms with Crippen molar-refractivity contribution >= 4 is 17.7 Å². The van der Waals surface area contributed by atoms with Gasteiger partial charge in [-0.2, -0.15) is 0 Å². The number of carbonyl (C=O) groups is 1. The summed E-state index contributed by atoms with van der Waals surface area (Å²) in [6.45, 7) is 2.49. The number of nitrogens with one attached hydrogen (secondary N) is 1. The van der Waals surface area contributed by atoms with E-state index in [4.69, 9.17) is 0 Å². The Bertz CT molecular complexity index is 515. The second kappa shape index (κ2) is 8.23. The highest BCUT2D eigenvalue weighted by atomic mass is 32.2. The van der Waals surface area contributed by atoms with E-state index in [1.54, 1.807) is 18.2 Å². The molecule has 1 amide bonds. The van der Waals surface area contributed by atoms with E-state index in [9.17, 15) is 9.18 Å². The summed E-state index contributed by atoms with van der Waals surface area (Å²) < 4.78 is 13.5. The lowest BCUT2D eigenvalue weighted by Crippen LogP contribution is -2.31. The van der Waals surface area contributed by atoms with Crippen molar-refractivity contribution in [2.24, 2.45) is 0 Å². The van der Waals surface area contributed by atoms with Crippen molar-refractivity contribution in [3.63, 3.8) is 0 Å². The van der Waals surface area contributed by atoms with Gasteiger partial charge in [0, 0.05) is 11.4 Å². The predicted molar refractivity (Wildman–Crippen MR) is 85.9 cm³/mol. The average molecular weight is 307 g/mol. The number of amides is 1. The topological polar surface area (TPSA) is 29.1 Å². The molecule has 1 atom stereocenters. The molecule has 1 aromatic rings. The summed E-state index contributed by atoms with van der Waals surface area (Å²) in [4.78, 5) is 12.5. The van der Waals surface area contributed by atoms with Crippen molar-refractivity contribution in [3.05, 3.63) is 41.7 Å². The highest BCUT2D eigenvalue weighted by Crippen LogP contribution is 2.26. The van der Waals surface area contributed by atoms with E-state index in [1.165, 1.54) is 42.7 Å². The van der Waals surface area contributed by atoms with E-state index in [0.717, 1.165) is 12.8 Å². The summed E-state index contributed by atoms with van der Waals surface area (Å²) in [5.41, 5.74) is 1.45. The molecule has 2 rings (SSSR count). The van der Waals surface area contributed by atoms with Crippen LogP contribution in [-0.4, -0.2) is 17.7 Å². The first-order chi connectivity index (χ1) is 10.2. The van der Waals surface area contributed by atoms with Crippen molar-refractivity contribution in [2.45, 2.75) is 49.2 Å². The van der Waals surface area contributed by atoms with Gasteiger partial charge < -0.3 is 5.32 Å². The largest absolute Gasteiger partial charge is 0.355 e. The number of rotatable bonds is 6. The van der Waals surface area contributed by atoms with E-state index < -0.39 is 0 Å². The van der Waals surface area contributed by atoms with Crippen LogP contribution in [0, 0.1) is 5.82 Å². The Kier molecular flexibility index (Phi) is 6.30. The van der Waals surface area contributed by atoms with E-state index in [0.29, 0.717) is 11.4 Å². The standard InChI is InChI=1S/C17H22FNOS/c1-13(21-16-10-6-5-9-15(16)18)17(20)19-12-11-14-7-3-2-4-8-14/h5-7,9-10,13H,2-4,8,11-12H2,1H3,(H,19,20). The van der Waals surface area contributed by atoms with Gasteiger partial charge in [0.1, 0.15) is 5.82 Å². The van der Waals surface area contributed by atoms with Crippen LogP contribution in [0.1, 0.15) is 39.0 Å². The molecule has 0 spiro atoms. The van der Waals surface area contributed by atoms with Gasteiger partial charge in [-0.05, 0) is 51.2 Å². The minimum atomic E-state index is -0.290. The second-order valence-corrected chi connectivity index (χ2v) is 6.72. The number of benzene rings is 1. The first-order valence-electron chi connectivity index (χ1n) is 7.53. The summed E-state index contributed by atoms with van der Waals surface area (Å²) >= 11 is 1.26. The fourth-order valence-corrected chi connectivity index (χ4v) is 3.32. The molecule has 0 fully saturated rings. The van der Waals surface area contributed by atoms with E-state index in [1.807, 2.05) is 6.92 Å². The molecule has 21 heavy (non-hydrogen) atoms. The zero-order chi connectivity index (χ0) is 15.1. The number of carbonyl (C=O) groups excluding carboxylic acids is 1. The lowest BCUT2D eigenvalue weighted by Gasteiger charge is -2.15. The van der Waals surface area contributed by atoms with Gasteiger partial charge in [-0.3, -0.25) is 4.79 Å². The van der Waals surface area contributed by atoms with Gasteiger partial charge in [0.05, 0.1) is 5.25 Å². The van der Waals surface area contributed by atoms with E-state index >= 15 is 0 Å². The third kappa shape index (κ3) is 5.20. The Morgan fingerprint density at radius 1 is 1.38 bits per heavy atom. The van der Waals surface area contributed by atoms with Crippen LogP contribution in [0.25, 0.3) is 0 Å². The molecule has 4 heteroatoms. The SMILES string of the molecule is CC(Sc1ccccc1F)C(=O)NCCC1=CCCCC1. The van der Waals surface area contributed by atoms with Crippen LogP contribution in [-0.2, 0) is 4.79 Å². The Labute approximate surface area is 130 Å². The maximum atomic E-state index is 13.5. The second-order valence-electron chi connectivity index (χ2n) is 5.34. The Balaban J connectivity index is 1.75. The fraction of sp³-hybridized carbons (Fsp3) is 0.471. The first-order valence-corrected chi connectivity index (χ1v) is 8.41. The monoisotopic (exact) mass is 307 g/mol. The fourth-order valence-electron chi connectivity index (χ4n) is 2.41. The molecule has 1 aliphatic rings. The summed E-state index contributed by atoms with van der Waals surface area (Å²) in [5.74, 6) is -0.297. The molecule has 1 unspecified atom stereocenters. The van der Waals surface area contributed by atoms with Crippen LogP contribution in [0.15, 0.2) is 40.8 Å². The molecule has 2 nitrogen and oxygen atoms in total. The molecule has 1 N–H and O–H groups in total. The van der Waals surface area contributed by atoms with E-state index in [2.05, 4.69) is 11.4 Å². The molecule has 1 aliphatic carbocycles. The zero-order valence-electron chi connectivity index (χ0n) is 12.4. The van der Waals surface area contributed by atoms with Crippen LogP contribution in [0.5, 0.6) is 0 Å². The van der Waals surface area contributed by atoms with Crippen LogP contribution < -0.4 is 5.32 Å². The number of hydrogen-bond acceptors (Lipinski definition) is 2. The maximum Gasteiger partial charge on any atom is 0.233 e. The van der Waals surface area contributed by atoms with Gasteiger partial charge in [-0.25, -0.2) is 4.39 Å². The normalized spacial score (nSPS) is 16.2. The zero-order valence-corrected chi connectivity index (χ0v) is 13.2. The van der Waals surface area contributed by atoms with E-state index in [-0.39, 0.29) is 17.0 Å². The molecule has 0 saturated carbocycles. The van der Waals surface area contributed by atoms with Gasteiger partial charge in [-0.15, -0.1) is 11.8 Å². The molecule has 114 valence electrons. The highest BCUT2D eigenvalue weighted by Gasteiger charge is 2.16. The van der Waals surface area contributed by atoms with Gasteiger partial charge in [0.15, 0.2) is 0 Å². The molecule has 0 saturated heterocycles. The molecular formula is C17H22FNOS. The first kappa shape index (κ1) is 16.1. The smallest absolute Gasteiger partial charge is 0.233 e. The molecule has 0 aliphatic heterocycles. The third-order valence-electron chi connectivity index (χ3n) is 3.64. The lowest BCUT2D eigenvalue weighted by molar-refractivity contribution is -0.120. The average Bonchev–Trinajstić information content (AvgIpc) is 2.50. The van der Waals surface area contributed by atoms with Gasteiger partial charge in [-0.1, -0.05) is 23.8 Å².